The van der Waals surface area contributed by atoms with E-state index in [9.17, 15) is 8.42 Å². The van der Waals surface area contributed by atoms with Crippen molar-refractivity contribution in [2.24, 2.45) is 0 Å². The molecule has 3 nitrogen and oxygen atoms in total. The lowest BCUT2D eigenvalue weighted by Crippen LogP contribution is -2.03. The molecular formula is C7H15O3S. The monoisotopic (exact) mass is 179 g/mol. The van der Waals surface area contributed by atoms with Gasteiger partial charge >= 0.3 is 0 Å². The lowest BCUT2D eigenvalue weighted by Gasteiger charge is -1.96. The van der Waals surface area contributed by atoms with Gasteiger partial charge in [-0.05, 0) is 12.8 Å². The van der Waals surface area contributed by atoms with E-state index in [1.54, 1.807) is 0 Å². The Balaban J connectivity index is 3.16. The second-order valence-corrected chi connectivity index (χ2v) is 4.08. The molecule has 11 heavy (non-hydrogen) atoms. The van der Waals surface area contributed by atoms with Crippen LogP contribution in [0, 0.1) is 6.42 Å². The molecule has 0 spiro atoms. The molecule has 0 heterocycles. The first-order chi connectivity index (χ1) is 5.06. The predicted octanol–water partition coefficient (Wildman–Crippen LogP) is 1.66. The number of rotatable bonds is 6. The van der Waals surface area contributed by atoms with E-state index in [1.165, 1.54) is 0 Å². The Kier molecular flexibility index (Phi) is 5.50. The average Bonchev–Trinajstić information content (AvgIpc) is 1.85. The maximum atomic E-state index is 10.2. The van der Waals surface area contributed by atoms with Crippen LogP contribution in [-0.4, -0.2) is 18.7 Å². The van der Waals surface area contributed by atoms with Crippen molar-refractivity contribution in [1.29, 1.82) is 0 Å². The average molecular weight is 179 g/mol. The summed E-state index contributed by atoms with van der Waals surface area (Å²) >= 11 is 0. The molecule has 0 saturated carbocycles. The highest BCUT2D eigenvalue weighted by atomic mass is 32.2. The van der Waals surface area contributed by atoms with Gasteiger partial charge in [0, 0.05) is 0 Å². The Hall–Kier alpha value is -0.0900. The molecule has 0 aliphatic carbocycles. The molecule has 0 fully saturated rings. The van der Waals surface area contributed by atoms with E-state index in [1.807, 2.05) is 6.42 Å². The number of unbranched alkanes of at least 4 members (excludes halogenated alkanes) is 4. The van der Waals surface area contributed by atoms with Gasteiger partial charge in [-0.1, -0.05) is 26.2 Å². The fourth-order valence-electron chi connectivity index (χ4n) is 0.725. The van der Waals surface area contributed by atoms with Gasteiger partial charge in [-0.25, -0.2) is 0 Å². The molecule has 67 valence electrons. The summed E-state index contributed by atoms with van der Waals surface area (Å²) in [7, 11) is -3.74. The topological polar surface area (TPSA) is 54.4 Å². The van der Waals surface area contributed by atoms with Gasteiger partial charge in [0.05, 0.1) is 5.75 Å². The molecule has 1 radical (unpaired) electrons. The van der Waals surface area contributed by atoms with Crippen LogP contribution in [0.25, 0.3) is 0 Å². The van der Waals surface area contributed by atoms with Crippen molar-refractivity contribution in [2.45, 2.75) is 32.6 Å². The smallest absolute Gasteiger partial charge is 0.264 e. The maximum Gasteiger partial charge on any atom is 0.264 e. The van der Waals surface area contributed by atoms with E-state index >= 15 is 0 Å². The molecule has 0 rings (SSSR count). The largest absolute Gasteiger partial charge is 0.286 e. The highest BCUT2D eigenvalue weighted by Crippen LogP contribution is 2.01. The quantitative estimate of drug-likeness (QED) is 0.498. The number of hydrogen-bond acceptors (Lipinski definition) is 2. The summed E-state index contributed by atoms with van der Waals surface area (Å²) in [6.07, 6.45) is 5.50. The molecule has 0 saturated heterocycles. The van der Waals surface area contributed by atoms with Crippen LogP contribution in [0.2, 0.25) is 0 Å². The van der Waals surface area contributed by atoms with Crippen LogP contribution < -0.4 is 0 Å². The third kappa shape index (κ3) is 9.91. The van der Waals surface area contributed by atoms with E-state index in [0.29, 0.717) is 6.42 Å². The Bertz CT molecular complexity index is 172. The van der Waals surface area contributed by atoms with Crippen molar-refractivity contribution in [3.63, 3.8) is 0 Å². The Labute approximate surface area is 68.6 Å². The summed E-state index contributed by atoms with van der Waals surface area (Å²) in [4.78, 5) is 0. The fraction of sp³-hybridized carbons (Fsp3) is 0.857. The summed E-state index contributed by atoms with van der Waals surface area (Å²) in [5.41, 5.74) is 0. The molecule has 0 bridgehead atoms. The van der Waals surface area contributed by atoms with Crippen molar-refractivity contribution in [1.82, 2.24) is 0 Å². The van der Waals surface area contributed by atoms with E-state index in [2.05, 4.69) is 6.92 Å². The third-order valence-corrected chi connectivity index (χ3v) is 2.09. The van der Waals surface area contributed by atoms with Crippen LogP contribution in [0.15, 0.2) is 0 Å². The van der Waals surface area contributed by atoms with Gasteiger partial charge in [0.1, 0.15) is 0 Å². The Morgan fingerprint density at radius 1 is 1.36 bits per heavy atom. The summed E-state index contributed by atoms with van der Waals surface area (Å²) < 4.78 is 28.7. The zero-order valence-corrected chi connectivity index (χ0v) is 7.60. The van der Waals surface area contributed by atoms with E-state index in [0.717, 1.165) is 19.3 Å². The first-order valence-electron chi connectivity index (χ1n) is 3.83. The Morgan fingerprint density at radius 3 is 2.45 bits per heavy atom. The van der Waals surface area contributed by atoms with Gasteiger partial charge in [-0.15, -0.1) is 0 Å². The van der Waals surface area contributed by atoms with Crippen molar-refractivity contribution >= 4 is 10.1 Å². The molecule has 0 amide bonds. The predicted molar refractivity (Wildman–Crippen MR) is 44.9 cm³/mol. The van der Waals surface area contributed by atoms with Crippen LogP contribution in [-0.2, 0) is 10.1 Å². The van der Waals surface area contributed by atoms with Crippen LogP contribution in [0.5, 0.6) is 0 Å². The molecule has 4 heteroatoms. The Morgan fingerprint density at radius 2 is 2.00 bits per heavy atom. The summed E-state index contributed by atoms with van der Waals surface area (Å²) in [6.45, 7) is 2.08. The van der Waals surface area contributed by atoms with Crippen LogP contribution in [0.3, 0.4) is 0 Å². The van der Waals surface area contributed by atoms with Crippen LogP contribution in [0.1, 0.15) is 32.6 Å². The molecule has 0 aromatic heterocycles. The standard InChI is InChI=1S/C7H15O3S/c1-2-3-4-5-6-7-11(8,9)10/h5H,2-4,6-7H2,1H3,(H,8,9,10). The lowest BCUT2D eigenvalue weighted by atomic mass is 10.2. The van der Waals surface area contributed by atoms with Crippen molar-refractivity contribution in [3.05, 3.63) is 6.42 Å². The molecule has 0 unspecified atom stereocenters. The minimum absolute atomic E-state index is 0.142. The highest BCUT2D eigenvalue weighted by molar-refractivity contribution is 7.85. The van der Waals surface area contributed by atoms with Gasteiger partial charge in [0.25, 0.3) is 10.1 Å². The number of hydrogen-bond donors (Lipinski definition) is 1. The van der Waals surface area contributed by atoms with E-state index in [-0.39, 0.29) is 5.75 Å². The first-order valence-corrected chi connectivity index (χ1v) is 5.44. The zero-order chi connectivity index (χ0) is 8.74. The maximum absolute atomic E-state index is 10.2. The van der Waals surface area contributed by atoms with Crippen molar-refractivity contribution in [2.75, 3.05) is 5.75 Å². The summed E-state index contributed by atoms with van der Waals surface area (Å²) in [5.74, 6) is -0.142. The van der Waals surface area contributed by atoms with Crippen molar-refractivity contribution in [3.8, 4) is 0 Å². The summed E-state index contributed by atoms with van der Waals surface area (Å²) in [6, 6.07) is 0. The normalized spacial score (nSPS) is 11.8. The van der Waals surface area contributed by atoms with E-state index in [4.69, 9.17) is 4.55 Å². The zero-order valence-electron chi connectivity index (χ0n) is 6.78. The van der Waals surface area contributed by atoms with Gasteiger partial charge < -0.3 is 0 Å². The van der Waals surface area contributed by atoms with Crippen molar-refractivity contribution < 1.29 is 13.0 Å². The molecule has 0 atom stereocenters. The third-order valence-electron chi connectivity index (χ3n) is 1.34. The molecule has 0 aliphatic heterocycles. The second kappa shape index (κ2) is 5.55. The van der Waals surface area contributed by atoms with Crippen LogP contribution in [0.4, 0.5) is 0 Å². The molecule has 1 N–H and O–H groups in total. The second-order valence-electron chi connectivity index (χ2n) is 2.51. The fourth-order valence-corrected chi connectivity index (χ4v) is 1.19. The van der Waals surface area contributed by atoms with E-state index < -0.39 is 10.1 Å². The van der Waals surface area contributed by atoms with Gasteiger partial charge in [-0.3, -0.25) is 4.55 Å². The SMILES string of the molecule is CCCC[CH]CCS(=O)(=O)O. The van der Waals surface area contributed by atoms with Gasteiger partial charge in [0.15, 0.2) is 0 Å². The molecule has 0 aromatic rings. The van der Waals surface area contributed by atoms with Gasteiger partial charge in [-0.2, -0.15) is 8.42 Å². The molecular weight excluding hydrogens is 164 g/mol. The van der Waals surface area contributed by atoms with Gasteiger partial charge in [0.2, 0.25) is 0 Å². The highest BCUT2D eigenvalue weighted by Gasteiger charge is 2.02. The molecule has 0 aliphatic rings. The molecule has 0 aromatic carbocycles. The first kappa shape index (κ1) is 10.9. The lowest BCUT2D eigenvalue weighted by molar-refractivity contribution is 0.482. The minimum Gasteiger partial charge on any atom is -0.286 e. The minimum atomic E-state index is -3.74. The summed E-state index contributed by atoms with van der Waals surface area (Å²) in [5, 5.41) is 0. The van der Waals surface area contributed by atoms with Crippen LogP contribution >= 0.6 is 0 Å².